The van der Waals surface area contributed by atoms with Crippen LogP contribution in [-0.2, 0) is 20.6 Å². The minimum atomic E-state index is -5.42. The summed E-state index contributed by atoms with van der Waals surface area (Å²) in [5.74, 6) is -1.66. The minimum absolute atomic E-state index is 0.203. The summed E-state index contributed by atoms with van der Waals surface area (Å²) in [5.41, 5.74) is -2.77. The molecule has 0 fully saturated rings. The quantitative estimate of drug-likeness (QED) is 0.422. The molecule has 0 amide bonds. The third-order valence-corrected chi connectivity index (χ3v) is 3.84. The summed E-state index contributed by atoms with van der Waals surface area (Å²) in [6.45, 7) is 0. The fourth-order valence-electron chi connectivity index (χ4n) is 1.35. The molecule has 21 heavy (non-hydrogen) atoms. The molecule has 13 heteroatoms. The highest BCUT2D eigenvalue weighted by Crippen LogP contribution is 2.43. The molecule has 0 N–H and O–H groups in total. The Labute approximate surface area is 126 Å². The number of halogens is 8. The van der Waals surface area contributed by atoms with Gasteiger partial charge >= 0.3 is 12.5 Å². The highest BCUT2D eigenvalue weighted by atomic mass is 79.9. The molecule has 0 aromatic carbocycles. The lowest BCUT2D eigenvalue weighted by atomic mass is 10.2. The number of aromatic nitrogens is 1. The summed E-state index contributed by atoms with van der Waals surface area (Å²) in [6.07, 6.45) is -10.5. The lowest BCUT2D eigenvalue weighted by molar-refractivity contribution is -0.276. The Morgan fingerprint density at radius 2 is 1.76 bits per heavy atom. The second-order valence-corrected chi connectivity index (χ2v) is 6.45. The van der Waals surface area contributed by atoms with Crippen molar-refractivity contribution < 1.29 is 39.5 Å². The topological polar surface area (TPSA) is 56.3 Å². The molecular weight excluding hydrogens is 420 g/mol. The van der Waals surface area contributed by atoms with Gasteiger partial charge in [0, 0.05) is 16.0 Å². The van der Waals surface area contributed by atoms with Crippen LogP contribution < -0.4 is 4.74 Å². The maximum Gasteiger partial charge on any atom is 0.573 e. The van der Waals surface area contributed by atoms with Gasteiger partial charge in [0.2, 0.25) is 0 Å². The molecule has 0 unspecified atom stereocenters. The number of pyridine rings is 1. The summed E-state index contributed by atoms with van der Waals surface area (Å²) < 4.78 is 101. The predicted molar refractivity (Wildman–Crippen MR) is 61.6 cm³/mol. The van der Waals surface area contributed by atoms with Crippen LogP contribution in [0.2, 0.25) is 0 Å². The van der Waals surface area contributed by atoms with Gasteiger partial charge in [0.15, 0.2) is 5.75 Å². The second-order valence-electron chi connectivity index (χ2n) is 3.39. The first-order valence-corrected chi connectivity index (χ1v) is 8.06. The molecule has 0 aliphatic rings. The van der Waals surface area contributed by atoms with Gasteiger partial charge in [-0.2, -0.15) is 13.2 Å². The molecule has 0 aliphatic carbocycles. The Balaban J connectivity index is 3.78. The van der Waals surface area contributed by atoms with Crippen LogP contribution in [0.15, 0.2) is 11.1 Å². The molecule has 4 nitrogen and oxygen atoms in total. The number of ether oxygens (including phenoxy) is 1. The van der Waals surface area contributed by atoms with Gasteiger partial charge in [-0.05, 0) is 0 Å². The molecular formula is C8H3BrClF6NO3S. The number of nitrogens with zero attached hydrogens (tertiary/aromatic N) is 1. The average Bonchev–Trinajstić information content (AvgIpc) is 2.23. The maximum atomic E-state index is 12.9. The standard InChI is InChI=1S/C8H3BrClF6NO3S/c9-1-3-5(7(11,12)13)6(21(10,18)19)4(2-17-3)20-8(14,15)16/h2H,1H2. The monoisotopic (exact) mass is 421 g/mol. The Kier molecular flexibility index (Phi) is 5.05. The number of hydrogen-bond acceptors (Lipinski definition) is 4. The molecule has 1 aromatic rings. The van der Waals surface area contributed by atoms with Crippen molar-refractivity contribution in [2.45, 2.75) is 22.8 Å². The van der Waals surface area contributed by atoms with Crippen molar-refractivity contribution in [2.24, 2.45) is 0 Å². The van der Waals surface area contributed by atoms with Crippen LogP contribution in [0.25, 0.3) is 0 Å². The largest absolute Gasteiger partial charge is 0.573 e. The van der Waals surface area contributed by atoms with E-state index in [9.17, 15) is 34.8 Å². The van der Waals surface area contributed by atoms with Gasteiger partial charge < -0.3 is 4.74 Å². The van der Waals surface area contributed by atoms with Crippen LogP contribution >= 0.6 is 26.6 Å². The third kappa shape index (κ3) is 4.61. The Hall–Kier alpha value is -0.750. The van der Waals surface area contributed by atoms with E-state index >= 15 is 0 Å². The van der Waals surface area contributed by atoms with Crippen LogP contribution in [0.1, 0.15) is 11.3 Å². The van der Waals surface area contributed by atoms with Crippen LogP contribution in [0.5, 0.6) is 5.75 Å². The van der Waals surface area contributed by atoms with Crippen molar-refractivity contribution in [2.75, 3.05) is 0 Å². The van der Waals surface area contributed by atoms with Crippen molar-refractivity contribution in [3.8, 4) is 5.75 Å². The zero-order valence-corrected chi connectivity index (χ0v) is 12.5. The van der Waals surface area contributed by atoms with Crippen LogP contribution in [0.4, 0.5) is 26.3 Å². The molecule has 0 radical (unpaired) electrons. The predicted octanol–water partition coefficient (Wildman–Crippen LogP) is 3.82. The molecule has 1 heterocycles. The first-order valence-electron chi connectivity index (χ1n) is 4.63. The number of rotatable bonds is 3. The van der Waals surface area contributed by atoms with E-state index in [2.05, 4.69) is 25.7 Å². The number of hydrogen-bond donors (Lipinski definition) is 0. The molecule has 0 aliphatic heterocycles. The van der Waals surface area contributed by atoms with E-state index in [1.54, 1.807) is 0 Å². The first-order chi connectivity index (χ1) is 9.27. The summed E-state index contributed by atoms with van der Waals surface area (Å²) in [7, 11) is -0.371. The van der Waals surface area contributed by atoms with Crippen molar-refractivity contribution in [3.05, 3.63) is 17.5 Å². The third-order valence-electron chi connectivity index (χ3n) is 1.96. The molecule has 0 saturated heterocycles. The van der Waals surface area contributed by atoms with Gasteiger partial charge in [0.25, 0.3) is 9.05 Å². The smallest absolute Gasteiger partial charge is 0.403 e. The number of alkyl halides is 7. The first kappa shape index (κ1) is 18.3. The Morgan fingerprint density at radius 1 is 1.24 bits per heavy atom. The molecule has 0 bridgehead atoms. The fraction of sp³-hybridized carbons (Fsp3) is 0.375. The summed E-state index contributed by atoms with van der Waals surface area (Å²) >= 11 is 2.62. The SMILES string of the molecule is O=S(=O)(Cl)c1c(OC(F)(F)F)cnc(CBr)c1C(F)(F)F. The van der Waals surface area contributed by atoms with E-state index in [1.807, 2.05) is 0 Å². The molecule has 1 rings (SSSR count). The van der Waals surface area contributed by atoms with E-state index in [1.165, 1.54) is 0 Å². The van der Waals surface area contributed by atoms with Gasteiger partial charge in [-0.15, -0.1) is 13.2 Å². The lowest BCUT2D eigenvalue weighted by Gasteiger charge is -2.18. The molecule has 0 atom stereocenters. The lowest BCUT2D eigenvalue weighted by Crippen LogP contribution is -2.22. The summed E-state index contributed by atoms with van der Waals surface area (Å²) in [6, 6.07) is 0. The van der Waals surface area contributed by atoms with Crippen LogP contribution in [-0.4, -0.2) is 19.8 Å². The van der Waals surface area contributed by atoms with Gasteiger partial charge in [0.1, 0.15) is 10.5 Å². The van der Waals surface area contributed by atoms with E-state index < -0.39 is 48.8 Å². The zero-order valence-electron chi connectivity index (χ0n) is 9.39. The molecule has 1 aromatic heterocycles. The van der Waals surface area contributed by atoms with Crippen molar-refractivity contribution in [1.82, 2.24) is 4.98 Å². The van der Waals surface area contributed by atoms with Crippen LogP contribution in [0.3, 0.4) is 0 Å². The highest BCUT2D eigenvalue weighted by molar-refractivity contribution is 9.08. The molecule has 0 saturated carbocycles. The van der Waals surface area contributed by atoms with E-state index in [4.69, 9.17) is 10.7 Å². The van der Waals surface area contributed by atoms with E-state index in [-0.39, 0.29) is 6.20 Å². The summed E-state index contributed by atoms with van der Waals surface area (Å²) in [5, 5.41) is -0.562. The van der Waals surface area contributed by atoms with Crippen molar-refractivity contribution in [3.63, 3.8) is 0 Å². The van der Waals surface area contributed by atoms with Gasteiger partial charge in [0.05, 0.1) is 11.9 Å². The zero-order chi connectivity index (χ0) is 16.6. The van der Waals surface area contributed by atoms with Crippen molar-refractivity contribution in [1.29, 1.82) is 0 Å². The second kappa shape index (κ2) is 5.80. The normalized spacial score (nSPS) is 13.3. The van der Waals surface area contributed by atoms with Gasteiger partial charge in [-0.3, -0.25) is 4.98 Å². The summed E-state index contributed by atoms with van der Waals surface area (Å²) in [4.78, 5) is 1.27. The van der Waals surface area contributed by atoms with Crippen molar-refractivity contribution >= 4 is 35.7 Å². The fourth-order valence-corrected chi connectivity index (χ4v) is 3.04. The maximum absolute atomic E-state index is 12.9. The van der Waals surface area contributed by atoms with E-state index in [0.717, 1.165) is 0 Å². The highest BCUT2D eigenvalue weighted by Gasteiger charge is 2.44. The minimum Gasteiger partial charge on any atom is -0.403 e. The van der Waals surface area contributed by atoms with Gasteiger partial charge in [-0.1, -0.05) is 15.9 Å². The Bertz CT molecular complexity index is 645. The van der Waals surface area contributed by atoms with Crippen LogP contribution in [0, 0.1) is 0 Å². The van der Waals surface area contributed by atoms with E-state index in [0.29, 0.717) is 0 Å². The molecule has 120 valence electrons. The van der Waals surface area contributed by atoms with Gasteiger partial charge in [-0.25, -0.2) is 8.42 Å². The average molecular weight is 423 g/mol. The molecule has 0 spiro atoms. The Morgan fingerprint density at radius 3 is 2.10 bits per heavy atom.